The Balaban J connectivity index is 1.66. The van der Waals surface area contributed by atoms with Crippen LogP contribution in [-0.2, 0) is 22.4 Å². The molecule has 0 radical (unpaired) electrons. The van der Waals surface area contributed by atoms with Crippen LogP contribution in [0.15, 0.2) is 36.4 Å². The number of ether oxygens (including phenoxy) is 1. The second-order valence-corrected chi connectivity index (χ2v) is 6.61. The highest BCUT2D eigenvalue weighted by molar-refractivity contribution is 5.98. The van der Waals surface area contributed by atoms with Crippen LogP contribution in [0.4, 0.5) is 17.1 Å². The first-order valence-corrected chi connectivity index (χ1v) is 8.99. The number of nitrogens with zero attached hydrogens (tertiary/aromatic N) is 1. The van der Waals surface area contributed by atoms with Crippen LogP contribution < -0.4 is 10.6 Å². The van der Waals surface area contributed by atoms with Gasteiger partial charge in [0.1, 0.15) is 5.69 Å². The van der Waals surface area contributed by atoms with E-state index < -0.39 is 22.9 Å². The molecule has 0 heterocycles. The Morgan fingerprint density at radius 2 is 1.89 bits per heavy atom. The minimum atomic E-state index is -1.05. The number of esters is 1. The number of amides is 1. The predicted molar refractivity (Wildman–Crippen MR) is 105 cm³/mol. The van der Waals surface area contributed by atoms with Crippen LogP contribution in [0, 0.1) is 10.1 Å². The van der Waals surface area contributed by atoms with Gasteiger partial charge in [-0.1, -0.05) is 6.07 Å². The van der Waals surface area contributed by atoms with Crippen LogP contribution in [0.25, 0.3) is 0 Å². The van der Waals surface area contributed by atoms with Crippen molar-refractivity contribution in [2.24, 2.45) is 0 Å². The normalized spacial score (nSPS) is 13.4. The zero-order chi connectivity index (χ0) is 20.3. The van der Waals surface area contributed by atoms with Crippen molar-refractivity contribution in [3.05, 3.63) is 63.2 Å². The number of fused-ring (bicyclic) bond motifs is 1. The van der Waals surface area contributed by atoms with Gasteiger partial charge in [-0.05, 0) is 61.6 Å². The van der Waals surface area contributed by atoms with Crippen molar-refractivity contribution >= 4 is 28.9 Å². The van der Waals surface area contributed by atoms with E-state index in [4.69, 9.17) is 4.74 Å². The summed E-state index contributed by atoms with van der Waals surface area (Å²) in [6.07, 6.45) is 2.10. The van der Waals surface area contributed by atoms with E-state index in [2.05, 4.69) is 10.6 Å². The third-order valence-electron chi connectivity index (χ3n) is 4.72. The van der Waals surface area contributed by atoms with Crippen LogP contribution >= 0.6 is 0 Å². The monoisotopic (exact) mass is 383 g/mol. The van der Waals surface area contributed by atoms with E-state index in [-0.39, 0.29) is 16.9 Å². The molecule has 0 saturated heterocycles. The standard InChI is InChI=1S/C20H21N3O5/c1-12(19(24)22-16-8-6-13-4-3-5-14(13)10-16)28-20(25)15-7-9-17(21-2)18(11-15)23(26)27/h6-12,21H,3-5H2,1-2H3,(H,22,24)/t12-/m1/s1. The summed E-state index contributed by atoms with van der Waals surface area (Å²) in [5, 5.41) is 16.5. The predicted octanol–water partition coefficient (Wildman–Crippen LogP) is 3.31. The Labute approximate surface area is 162 Å². The van der Waals surface area contributed by atoms with E-state index in [9.17, 15) is 19.7 Å². The number of anilines is 2. The van der Waals surface area contributed by atoms with Gasteiger partial charge in [-0.3, -0.25) is 14.9 Å². The van der Waals surface area contributed by atoms with Crippen molar-refractivity contribution in [1.29, 1.82) is 0 Å². The van der Waals surface area contributed by atoms with Gasteiger partial charge >= 0.3 is 5.97 Å². The number of nitro benzene ring substituents is 1. The second-order valence-electron chi connectivity index (χ2n) is 6.61. The molecule has 2 aromatic carbocycles. The quantitative estimate of drug-likeness (QED) is 0.450. The molecule has 1 aliphatic rings. The van der Waals surface area contributed by atoms with Gasteiger partial charge in [0.25, 0.3) is 11.6 Å². The summed E-state index contributed by atoms with van der Waals surface area (Å²) in [6.45, 7) is 1.46. The summed E-state index contributed by atoms with van der Waals surface area (Å²) in [5.74, 6) is -1.27. The molecule has 8 nitrogen and oxygen atoms in total. The Bertz CT molecular complexity index is 941. The van der Waals surface area contributed by atoms with Gasteiger partial charge in [-0.2, -0.15) is 0 Å². The smallest absolute Gasteiger partial charge is 0.339 e. The Morgan fingerprint density at radius 3 is 2.61 bits per heavy atom. The molecule has 2 N–H and O–H groups in total. The average Bonchev–Trinajstić information content (AvgIpc) is 3.15. The van der Waals surface area contributed by atoms with E-state index in [0.29, 0.717) is 5.69 Å². The summed E-state index contributed by atoms with van der Waals surface area (Å²) in [4.78, 5) is 35.2. The summed E-state index contributed by atoms with van der Waals surface area (Å²) < 4.78 is 5.18. The molecule has 0 unspecified atom stereocenters. The lowest BCUT2D eigenvalue weighted by Crippen LogP contribution is -2.30. The SMILES string of the molecule is CNc1ccc(C(=O)O[C@H](C)C(=O)Nc2ccc3c(c2)CCC3)cc1[N+](=O)[O-]. The highest BCUT2D eigenvalue weighted by Crippen LogP contribution is 2.26. The van der Waals surface area contributed by atoms with Gasteiger partial charge in [0.2, 0.25) is 0 Å². The van der Waals surface area contributed by atoms with Gasteiger partial charge in [0.15, 0.2) is 6.10 Å². The van der Waals surface area contributed by atoms with Crippen molar-refractivity contribution in [1.82, 2.24) is 0 Å². The first kappa shape index (κ1) is 19.3. The lowest BCUT2D eigenvalue weighted by molar-refractivity contribution is -0.384. The van der Waals surface area contributed by atoms with Gasteiger partial charge in [-0.25, -0.2) is 4.79 Å². The van der Waals surface area contributed by atoms with E-state index in [1.165, 1.54) is 30.2 Å². The average molecular weight is 383 g/mol. The first-order chi connectivity index (χ1) is 13.4. The molecule has 146 valence electrons. The van der Waals surface area contributed by atoms with Crippen molar-refractivity contribution in [3.63, 3.8) is 0 Å². The van der Waals surface area contributed by atoms with Crippen LogP contribution in [0.2, 0.25) is 0 Å². The minimum absolute atomic E-state index is 0.00267. The number of hydrogen-bond donors (Lipinski definition) is 2. The van der Waals surface area contributed by atoms with Gasteiger partial charge in [0.05, 0.1) is 10.5 Å². The maximum atomic E-state index is 12.3. The van der Waals surface area contributed by atoms with Crippen molar-refractivity contribution < 1.29 is 19.2 Å². The fourth-order valence-electron chi connectivity index (χ4n) is 3.20. The molecule has 0 aromatic heterocycles. The zero-order valence-corrected chi connectivity index (χ0v) is 15.7. The molecule has 8 heteroatoms. The van der Waals surface area contributed by atoms with Crippen LogP contribution in [0.3, 0.4) is 0 Å². The topological polar surface area (TPSA) is 111 Å². The Kier molecular flexibility index (Phi) is 5.58. The van der Waals surface area contributed by atoms with E-state index in [0.717, 1.165) is 25.3 Å². The molecular formula is C20H21N3O5. The molecular weight excluding hydrogens is 362 g/mol. The number of nitro groups is 1. The number of carbonyl (C=O) groups is 2. The molecule has 1 amide bonds. The van der Waals surface area contributed by atoms with Crippen LogP contribution in [0.5, 0.6) is 0 Å². The lowest BCUT2D eigenvalue weighted by Gasteiger charge is -2.14. The largest absolute Gasteiger partial charge is 0.449 e. The summed E-state index contributed by atoms with van der Waals surface area (Å²) in [7, 11) is 1.55. The Hall–Kier alpha value is -3.42. The third-order valence-corrected chi connectivity index (χ3v) is 4.72. The van der Waals surface area contributed by atoms with E-state index in [1.54, 1.807) is 7.05 Å². The molecule has 0 fully saturated rings. The van der Waals surface area contributed by atoms with Crippen LogP contribution in [-0.4, -0.2) is 30.0 Å². The number of benzene rings is 2. The van der Waals surface area contributed by atoms with Crippen molar-refractivity contribution in [2.75, 3.05) is 17.7 Å². The zero-order valence-electron chi connectivity index (χ0n) is 15.7. The number of nitrogens with one attached hydrogen (secondary N) is 2. The number of hydrogen-bond acceptors (Lipinski definition) is 6. The molecule has 0 saturated carbocycles. The van der Waals surface area contributed by atoms with Crippen molar-refractivity contribution in [2.45, 2.75) is 32.3 Å². The minimum Gasteiger partial charge on any atom is -0.449 e. The summed E-state index contributed by atoms with van der Waals surface area (Å²) in [6, 6.07) is 9.72. The maximum Gasteiger partial charge on any atom is 0.339 e. The first-order valence-electron chi connectivity index (χ1n) is 8.99. The van der Waals surface area contributed by atoms with Gasteiger partial charge in [-0.15, -0.1) is 0 Å². The van der Waals surface area contributed by atoms with E-state index >= 15 is 0 Å². The molecule has 0 spiro atoms. The highest BCUT2D eigenvalue weighted by atomic mass is 16.6. The number of aryl methyl sites for hydroxylation is 2. The molecule has 1 aliphatic carbocycles. The van der Waals surface area contributed by atoms with Crippen molar-refractivity contribution in [3.8, 4) is 0 Å². The fraction of sp³-hybridized carbons (Fsp3) is 0.300. The van der Waals surface area contributed by atoms with Crippen LogP contribution in [0.1, 0.15) is 34.8 Å². The molecule has 3 rings (SSSR count). The second kappa shape index (κ2) is 8.08. The number of rotatable bonds is 6. The fourth-order valence-corrected chi connectivity index (χ4v) is 3.20. The highest BCUT2D eigenvalue weighted by Gasteiger charge is 2.22. The summed E-state index contributed by atoms with van der Waals surface area (Å²) in [5.41, 5.74) is 3.21. The molecule has 2 aromatic rings. The maximum absolute atomic E-state index is 12.3. The van der Waals surface area contributed by atoms with Gasteiger partial charge < -0.3 is 15.4 Å². The molecule has 1 atom stereocenters. The molecule has 28 heavy (non-hydrogen) atoms. The molecule has 0 bridgehead atoms. The third kappa shape index (κ3) is 4.11. The summed E-state index contributed by atoms with van der Waals surface area (Å²) >= 11 is 0. The van der Waals surface area contributed by atoms with Gasteiger partial charge in [0, 0.05) is 18.8 Å². The van der Waals surface area contributed by atoms with E-state index in [1.807, 2.05) is 18.2 Å². The lowest BCUT2D eigenvalue weighted by atomic mass is 10.1. The Morgan fingerprint density at radius 1 is 1.14 bits per heavy atom. The number of carbonyl (C=O) groups excluding carboxylic acids is 2. The molecule has 0 aliphatic heterocycles.